The summed E-state index contributed by atoms with van der Waals surface area (Å²) in [7, 11) is -5.87. The van der Waals surface area contributed by atoms with Gasteiger partial charge in [0.05, 0.1) is 37.3 Å². The Balaban J connectivity index is 0.00000972. The molecule has 0 fully saturated rings. The Morgan fingerprint density at radius 3 is 1.88 bits per heavy atom. The number of imidazole rings is 1. The van der Waals surface area contributed by atoms with E-state index in [1.54, 1.807) is 48.7 Å². The Kier molecular flexibility index (Phi) is 8.41. The molecular formula is C70H60N4OPtSi-2. The van der Waals surface area contributed by atoms with Crippen LogP contribution in [-0.2, 0) is 31.9 Å². The van der Waals surface area contributed by atoms with Gasteiger partial charge >= 0.3 is 0 Å². The number of pyridine rings is 1. The van der Waals surface area contributed by atoms with E-state index >= 15 is 0 Å². The summed E-state index contributed by atoms with van der Waals surface area (Å²) in [5, 5.41) is -0.519. The first kappa shape index (κ1) is 32.0. The minimum Gasteiger partial charge on any atom is -0.510 e. The van der Waals surface area contributed by atoms with Gasteiger partial charge in [-0.15, -0.1) is 29.7 Å². The molecule has 9 aromatic carbocycles. The second-order valence-corrected chi connectivity index (χ2v) is 24.0. The fraction of sp³-hybridized carbons (Fsp3) is 0.143. The normalized spacial score (nSPS) is 16.3. The zero-order chi connectivity index (χ0) is 70.4. The largest absolute Gasteiger partial charge is 0.510 e. The monoisotopic (exact) mass is 1220 g/mol. The molecule has 0 saturated carbocycles. The number of benzene rings is 9. The van der Waals surface area contributed by atoms with Crippen LogP contribution in [0.4, 0.5) is 0 Å². The molecule has 0 atom stereocenters. The minimum absolute atomic E-state index is 0. The van der Waals surface area contributed by atoms with Crippen molar-refractivity contribution >= 4 is 61.7 Å². The standard InChI is InChI=1S/C70H60N4OSi.Pt/c1-48-23-20-24-49(2)67(48)50-37-40-62-64(43-50)72(52-25-21-26-53(45-52)75-54-38-39-59-58-33-18-19-35-61(58)74(63(59)46-54)66-44-51(41-42-71-66)69(3,4)5)47-73(62)68-60(70(6,7)8)34-22-36-65(68)76(55-27-12-9-13-28-55,56-29-14-10-15-30-56)57-31-16-11-17-32-57;/h9-44H,1-8H3;/q-2;/i1D3,2D3,9D,10D,11D,12D,13D,14D,15D,16D,17D,27D,28D,29D,30D,31D,32D;. The van der Waals surface area contributed by atoms with Gasteiger partial charge in [-0.25, -0.2) is 4.98 Å². The predicted octanol–water partition coefficient (Wildman–Crippen LogP) is 13.8. The zero-order valence-electron chi connectivity index (χ0n) is 63.6. The molecule has 0 spiro atoms. The van der Waals surface area contributed by atoms with Gasteiger partial charge in [0.2, 0.25) is 0 Å². The smallest absolute Gasteiger partial charge is 0.268 e. The molecule has 0 radical (unpaired) electrons. The van der Waals surface area contributed by atoms with Crippen molar-refractivity contribution < 1.29 is 59.2 Å². The van der Waals surface area contributed by atoms with Crippen molar-refractivity contribution in [2.45, 2.75) is 66.1 Å². The van der Waals surface area contributed by atoms with Crippen LogP contribution in [0, 0.1) is 32.2 Å². The Morgan fingerprint density at radius 1 is 0.597 bits per heavy atom. The SMILES string of the molecule is [2H]c1c([2H])c([2H])c([Si](c2cccc(C(C)(C)C)c2-[n+]2[c-]n(-c3[c-]c(Oc4[c-]c5c(cc4)c4ccccc4n5-c4cc(C(C)(C)C)ccn4)ccc3)c3cc(-c4c(C([2H])([2H])[2H])cccc4C([2H])([2H])[2H])ccc32)(c2c([2H])c([2H])c([2H])c([2H])c2[2H])c2c([2H])c([2H])c([2H])c([2H])c2[2H])c([2H])c1[2H].[Pt]. The number of fused-ring (bicyclic) bond motifs is 4. The van der Waals surface area contributed by atoms with Crippen LogP contribution < -0.4 is 30.1 Å². The molecule has 12 rings (SSSR count). The molecule has 0 aliphatic heterocycles. The summed E-state index contributed by atoms with van der Waals surface area (Å²) in [6, 6.07) is 26.6. The van der Waals surface area contributed by atoms with Crippen LogP contribution in [-0.4, -0.2) is 22.2 Å². The fourth-order valence-electron chi connectivity index (χ4n) is 10.2. The Hall–Kier alpha value is -7.89. The van der Waals surface area contributed by atoms with E-state index < -0.39 is 133 Å². The average Bonchev–Trinajstić information content (AvgIpc) is 0.902. The number of nitrogens with zero attached hydrogens (tertiary/aromatic N) is 4. The fourth-order valence-corrected chi connectivity index (χ4v) is 14.2. The first-order valence-electron chi connectivity index (χ1n) is 35.1. The van der Waals surface area contributed by atoms with Gasteiger partial charge in [0.15, 0.2) is 8.07 Å². The third-order valence-electron chi connectivity index (χ3n) is 13.7. The van der Waals surface area contributed by atoms with Crippen LogP contribution in [0.5, 0.6) is 11.5 Å². The minimum atomic E-state index is -5.87. The molecule has 3 heterocycles. The molecule has 3 aromatic heterocycles. The maximum atomic E-state index is 9.93. The Labute approximate surface area is 497 Å². The summed E-state index contributed by atoms with van der Waals surface area (Å²) in [4.78, 5) is 4.82. The molecule has 0 aliphatic rings. The van der Waals surface area contributed by atoms with Crippen molar-refractivity contribution in [3.8, 4) is 39.8 Å². The summed E-state index contributed by atoms with van der Waals surface area (Å²) in [6.07, 6.45) is 5.23. The first-order chi connectivity index (χ1) is 45.4. The van der Waals surface area contributed by atoms with Crippen LogP contribution in [0.2, 0.25) is 0 Å². The second kappa shape index (κ2) is 20.2. The van der Waals surface area contributed by atoms with E-state index in [2.05, 4.69) is 39.2 Å². The molecule has 382 valence electrons. The number of aryl methyl sites for hydroxylation is 2. The van der Waals surface area contributed by atoms with Crippen molar-refractivity contribution in [1.82, 2.24) is 14.1 Å². The van der Waals surface area contributed by atoms with E-state index in [4.69, 9.17) is 22.1 Å². The molecule has 0 N–H and O–H groups in total. The molecule has 12 aromatic rings. The maximum absolute atomic E-state index is 9.93. The topological polar surface area (TPSA) is 35.9 Å². The van der Waals surface area contributed by atoms with E-state index in [-0.39, 0.29) is 87.8 Å². The molecule has 0 amide bonds. The van der Waals surface area contributed by atoms with Crippen molar-refractivity contribution in [3.63, 3.8) is 0 Å². The molecule has 5 nitrogen and oxygen atoms in total. The number of hydrogen-bond acceptors (Lipinski definition) is 2. The van der Waals surface area contributed by atoms with Gasteiger partial charge in [-0.3, -0.25) is 4.57 Å². The molecule has 0 unspecified atom stereocenters. The van der Waals surface area contributed by atoms with E-state index in [1.807, 2.05) is 67.8 Å². The molecule has 0 saturated heterocycles. The summed E-state index contributed by atoms with van der Waals surface area (Å²) in [5.74, 6) is 1.07. The second-order valence-electron chi connectivity index (χ2n) is 20.5. The molecular weight excluding hydrogens is 1140 g/mol. The van der Waals surface area contributed by atoms with Gasteiger partial charge in [-0.05, 0) is 114 Å². The summed E-state index contributed by atoms with van der Waals surface area (Å²) in [6.45, 7) is 6.11. The van der Waals surface area contributed by atoms with Gasteiger partial charge in [0, 0.05) is 52.5 Å². The number of hydrogen-bond donors (Lipinski definition) is 0. The van der Waals surface area contributed by atoms with Crippen LogP contribution in [0.3, 0.4) is 0 Å². The van der Waals surface area contributed by atoms with Crippen molar-refractivity contribution in [2.24, 2.45) is 0 Å². The average molecular weight is 1220 g/mol. The molecule has 7 heteroatoms. The quantitative estimate of drug-likeness (QED) is 0.0592. The summed E-state index contributed by atoms with van der Waals surface area (Å²) >= 11 is 0. The summed E-state index contributed by atoms with van der Waals surface area (Å²) in [5.41, 5.74) is 1.62. The number of para-hydroxylation sites is 2. The molecule has 0 bridgehead atoms. The van der Waals surface area contributed by atoms with Gasteiger partial charge in [0.25, 0.3) is 6.33 Å². The van der Waals surface area contributed by atoms with Gasteiger partial charge in [-0.1, -0.05) is 204 Å². The summed E-state index contributed by atoms with van der Waals surface area (Å²) < 4.78 is 206. The van der Waals surface area contributed by atoms with Crippen molar-refractivity contribution in [2.75, 3.05) is 0 Å². The third kappa shape index (κ3) is 9.07. The van der Waals surface area contributed by atoms with Gasteiger partial charge in [0.1, 0.15) is 5.82 Å². The van der Waals surface area contributed by atoms with Crippen LogP contribution in [0.1, 0.15) is 92.6 Å². The molecule has 77 heavy (non-hydrogen) atoms. The van der Waals surface area contributed by atoms with Gasteiger partial charge in [-0.2, -0.15) is 18.2 Å². The van der Waals surface area contributed by atoms with E-state index in [0.717, 1.165) is 21.9 Å². The maximum Gasteiger partial charge on any atom is 0.268 e. The number of aromatic nitrogens is 4. The predicted molar refractivity (Wildman–Crippen MR) is 316 cm³/mol. The van der Waals surface area contributed by atoms with E-state index in [1.165, 1.54) is 45.5 Å². The zero-order valence-corrected chi connectivity index (χ0v) is 45.9. The Bertz CT molecular complexity index is 5010. The molecule has 0 aliphatic carbocycles. The van der Waals surface area contributed by atoms with E-state index in [9.17, 15) is 16.4 Å². The van der Waals surface area contributed by atoms with E-state index in [0.29, 0.717) is 16.9 Å². The Morgan fingerprint density at radius 2 is 1.23 bits per heavy atom. The number of rotatable bonds is 10. The third-order valence-corrected chi connectivity index (χ3v) is 17.9. The van der Waals surface area contributed by atoms with Crippen LogP contribution >= 0.6 is 0 Å². The van der Waals surface area contributed by atoms with Crippen LogP contribution in [0.15, 0.2) is 218 Å². The first-order valence-corrected chi connectivity index (χ1v) is 26.6. The number of ether oxygens (including phenoxy) is 1. The van der Waals surface area contributed by atoms with Crippen LogP contribution in [0.25, 0.3) is 61.2 Å². The van der Waals surface area contributed by atoms with Gasteiger partial charge < -0.3 is 13.9 Å². The van der Waals surface area contributed by atoms with Crippen molar-refractivity contribution in [3.05, 3.63) is 259 Å². The van der Waals surface area contributed by atoms with Crippen molar-refractivity contribution in [1.29, 1.82) is 0 Å².